The van der Waals surface area contributed by atoms with Crippen LogP contribution in [0.4, 0.5) is 11.4 Å². The molecule has 174 valence electrons. The average Bonchev–Trinajstić information content (AvgIpc) is 2.87. The first kappa shape index (κ1) is 23.8. The molecular weight excluding hydrogens is 460 g/mol. The predicted octanol–water partition coefficient (Wildman–Crippen LogP) is 7.20. The summed E-state index contributed by atoms with van der Waals surface area (Å²) in [6, 6.07) is 30.3. The summed E-state index contributed by atoms with van der Waals surface area (Å²) >= 11 is 0. The third-order valence-electron chi connectivity index (χ3n) is 5.14. The number of hydrogen-bond donors (Lipinski definition) is 1. The number of azo groups is 1. The minimum absolute atomic E-state index is 0.239. The van der Waals surface area contributed by atoms with Crippen molar-refractivity contribution in [2.24, 2.45) is 5.11 Å². The molecule has 0 aromatic heterocycles. The Hall–Kier alpha value is -4.33. The molecular formula is C28H22N2O4S. The van der Waals surface area contributed by atoms with E-state index in [4.69, 9.17) is 0 Å². The van der Waals surface area contributed by atoms with Gasteiger partial charge < -0.3 is 5.21 Å². The Balaban J connectivity index is 1.79. The summed E-state index contributed by atoms with van der Waals surface area (Å²) in [6.07, 6.45) is 7.08. The number of para-hydroxylation sites is 1. The van der Waals surface area contributed by atoms with Gasteiger partial charge in [-0.05, 0) is 40.3 Å². The molecule has 1 N–H and O–H groups in total. The molecule has 6 nitrogen and oxygen atoms in total. The number of benzene rings is 4. The summed E-state index contributed by atoms with van der Waals surface area (Å²) in [7, 11) is -4.68. The Morgan fingerprint density at radius 3 is 1.77 bits per heavy atom. The van der Waals surface area contributed by atoms with Gasteiger partial charge in [-0.25, -0.2) is 0 Å². The van der Waals surface area contributed by atoms with Crippen molar-refractivity contribution in [3.05, 3.63) is 131 Å². The van der Waals surface area contributed by atoms with E-state index >= 15 is 0 Å². The molecule has 0 radical (unpaired) electrons. The number of nitrogens with zero attached hydrogens (tertiary/aromatic N) is 2. The molecule has 4 rings (SSSR count). The Kier molecular flexibility index (Phi) is 7.30. The highest BCUT2D eigenvalue weighted by atomic mass is 32.2. The lowest BCUT2D eigenvalue weighted by atomic mass is 10.1. The summed E-state index contributed by atoms with van der Waals surface area (Å²) in [6.45, 7) is 0. The SMILES string of the molecule is O=S(=O)(O)c1cccc(/C=C/c2ccccc2)c1[N+]([O-])=Nc1ccccc1/C=C\c1ccccc1. The molecule has 0 spiro atoms. The average molecular weight is 483 g/mol. The highest BCUT2D eigenvalue weighted by Gasteiger charge is 2.25. The molecule has 0 saturated carbocycles. The van der Waals surface area contributed by atoms with E-state index in [1.165, 1.54) is 12.1 Å². The molecule has 0 atom stereocenters. The fourth-order valence-electron chi connectivity index (χ4n) is 3.45. The van der Waals surface area contributed by atoms with Crippen molar-refractivity contribution in [2.75, 3.05) is 0 Å². The normalized spacial score (nSPS) is 12.4. The molecule has 0 aliphatic heterocycles. The van der Waals surface area contributed by atoms with E-state index < -0.39 is 15.0 Å². The molecule has 35 heavy (non-hydrogen) atoms. The van der Waals surface area contributed by atoms with Crippen molar-refractivity contribution in [1.82, 2.24) is 0 Å². The van der Waals surface area contributed by atoms with Crippen LogP contribution in [0.1, 0.15) is 22.3 Å². The first-order chi connectivity index (χ1) is 16.9. The highest BCUT2D eigenvalue weighted by Crippen LogP contribution is 2.32. The van der Waals surface area contributed by atoms with Crippen molar-refractivity contribution in [2.45, 2.75) is 4.90 Å². The largest absolute Gasteiger partial charge is 0.594 e. The molecule has 0 heterocycles. The zero-order valence-electron chi connectivity index (χ0n) is 18.6. The van der Waals surface area contributed by atoms with Gasteiger partial charge in [-0.15, -0.1) is 0 Å². The van der Waals surface area contributed by atoms with Crippen molar-refractivity contribution < 1.29 is 17.8 Å². The second-order valence-corrected chi connectivity index (χ2v) is 8.98. The van der Waals surface area contributed by atoms with Gasteiger partial charge in [0.25, 0.3) is 5.69 Å². The fourth-order valence-corrected chi connectivity index (χ4v) is 4.15. The van der Waals surface area contributed by atoms with Gasteiger partial charge in [-0.2, -0.15) is 8.42 Å². The maximum atomic E-state index is 13.3. The second-order valence-electron chi connectivity index (χ2n) is 7.59. The Morgan fingerprint density at radius 2 is 1.17 bits per heavy atom. The van der Waals surface area contributed by atoms with Crippen LogP contribution in [0.25, 0.3) is 24.3 Å². The molecule has 4 aromatic rings. The lowest BCUT2D eigenvalue weighted by Crippen LogP contribution is -2.05. The molecule has 0 bridgehead atoms. The van der Waals surface area contributed by atoms with Gasteiger partial charge >= 0.3 is 10.1 Å². The summed E-state index contributed by atoms with van der Waals surface area (Å²) in [4.78, 5) is -0.285. The molecule has 4 aromatic carbocycles. The Morgan fingerprint density at radius 1 is 0.657 bits per heavy atom. The quantitative estimate of drug-likeness (QED) is 0.0991. The Labute approximate surface area is 204 Å². The van der Waals surface area contributed by atoms with Crippen LogP contribution in [0, 0.1) is 5.21 Å². The maximum absolute atomic E-state index is 13.3. The summed E-state index contributed by atoms with van der Waals surface area (Å²) in [5.41, 5.74) is 2.87. The van der Waals surface area contributed by atoms with Crippen LogP contribution < -0.4 is 0 Å². The van der Waals surface area contributed by atoms with Gasteiger partial charge in [-0.1, -0.05) is 103 Å². The minimum Gasteiger partial charge on any atom is -0.594 e. The molecule has 0 aliphatic carbocycles. The molecule has 0 aliphatic rings. The topological polar surface area (TPSA) is 92.8 Å². The van der Waals surface area contributed by atoms with Gasteiger partial charge in [0.1, 0.15) is 5.69 Å². The minimum atomic E-state index is -4.68. The number of hydrogen-bond acceptors (Lipinski definition) is 4. The van der Waals surface area contributed by atoms with Crippen LogP contribution in [-0.4, -0.2) is 17.8 Å². The van der Waals surface area contributed by atoms with Gasteiger partial charge in [0, 0.05) is 10.7 Å². The molecule has 0 unspecified atom stereocenters. The van der Waals surface area contributed by atoms with Gasteiger partial charge in [0.2, 0.25) is 0 Å². The van der Waals surface area contributed by atoms with Crippen LogP contribution in [-0.2, 0) is 10.1 Å². The van der Waals surface area contributed by atoms with Crippen LogP contribution in [0.2, 0.25) is 0 Å². The summed E-state index contributed by atoms with van der Waals surface area (Å²) < 4.78 is 33.9. The van der Waals surface area contributed by atoms with Gasteiger partial charge in [0.15, 0.2) is 4.90 Å². The van der Waals surface area contributed by atoms with Gasteiger partial charge in [0.05, 0.1) is 5.56 Å². The first-order valence-electron chi connectivity index (χ1n) is 10.8. The van der Waals surface area contributed by atoms with E-state index in [1.807, 2.05) is 78.9 Å². The van der Waals surface area contributed by atoms with E-state index in [0.717, 1.165) is 11.1 Å². The van der Waals surface area contributed by atoms with Crippen molar-refractivity contribution >= 4 is 45.8 Å². The second kappa shape index (κ2) is 10.7. The zero-order chi connectivity index (χ0) is 24.7. The van der Waals surface area contributed by atoms with Crippen molar-refractivity contribution in [1.29, 1.82) is 0 Å². The maximum Gasteiger partial charge on any atom is 0.301 e. The van der Waals surface area contributed by atoms with Crippen LogP contribution in [0.15, 0.2) is 113 Å². The third-order valence-corrected chi connectivity index (χ3v) is 6.03. The van der Waals surface area contributed by atoms with E-state index in [9.17, 15) is 18.2 Å². The highest BCUT2D eigenvalue weighted by molar-refractivity contribution is 7.86. The van der Waals surface area contributed by atoms with E-state index in [0.29, 0.717) is 16.8 Å². The third kappa shape index (κ3) is 6.17. The van der Waals surface area contributed by atoms with Crippen molar-refractivity contribution in [3.8, 4) is 0 Å². The lowest BCUT2D eigenvalue weighted by Gasteiger charge is -2.08. The molecule has 7 heteroatoms. The summed E-state index contributed by atoms with van der Waals surface area (Å²) in [5.74, 6) is 0. The predicted molar refractivity (Wildman–Crippen MR) is 139 cm³/mol. The zero-order valence-corrected chi connectivity index (χ0v) is 19.4. The molecule has 0 saturated heterocycles. The molecule has 0 fully saturated rings. The van der Waals surface area contributed by atoms with E-state index in [2.05, 4.69) is 5.11 Å². The van der Waals surface area contributed by atoms with Crippen LogP contribution >= 0.6 is 0 Å². The Bertz CT molecular complexity index is 1510. The smallest absolute Gasteiger partial charge is 0.301 e. The van der Waals surface area contributed by atoms with E-state index in [1.54, 1.807) is 36.4 Å². The van der Waals surface area contributed by atoms with Crippen LogP contribution in [0.5, 0.6) is 0 Å². The standard InChI is InChI=1S/C28H22N2O4S/c31-30(29-26-16-8-7-14-24(26)20-18-22-10-3-1-4-11-22)28-25(15-9-17-27(28)35(32,33)34)21-19-23-12-5-2-6-13-23/h1-21H,(H,32,33,34)/b20-18-,21-19+,30-29?. The van der Waals surface area contributed by atoms with Crippen molar-refractivity contribution in [3.63, 3.8) is 0 Å². The number of rotatable bonds is 7. The lowest BCUT2D eigenvalue weighted by molar-refractivity contribution is -0.438. The fraction of sp³-hybridized carbons (Fsp3) is 0. The van der Waals surface area contributed by atoms with Gasteiger partial charge in [-0.3, -0.25) is 4.55 Å². The van der Waals surface area contributed by atoms with Crippen LogP contribution in [0.3, 0.4) is 0 Å². The monoisotopic (exact) mass is 482 g/mol. The first-order valence-corrected chi connectivity index (χ1v) is 12.2. The summed E-state index contributed by atoms with van der Waals surface area (Å²) in [5, 5.41) is 17.4. The molecule has 0 amide bonds. The van der Waals surface area contributed by atoms with E-state index in [-0.39, 0.29) is 10.5 Å².